The number of carbonyl (C=O) groups is 1. The van der Waals surface area contributed by atoms with Crippen molar-refractivity contribution in [2.45, 2.75) is 32.4 Å². The van der Waals surface area contributed by atoms with Crippen LogP contribution in [0, 0.1) is 0 Å². The summed E-state index contributed by atoms with van der Waals surface area (Å²) < 4.78 is 6.82. The van der Waals surface area contributed by atoms with Crippen LogP contribution in [-0.4, -0.2) is 36.7 Å². The maximum absolute atomic E-state index is 12.2. The van der Waals surface area contributed by atoms with Crippen molar-refractivity contribution in [3.63, 3.8) is 0 Å². The van der Waals surface area contributed by atoms with Crippen molar-refractivity contribution < 1.29 is 9.53 Å². The number of nitrogens with one attached hydrogen (secondary N) is 1. The van der Waals surface area contributed by atoms with Gasteiger partial charge in [-0.1, -0.05) is 35.0 Å². The molecule has 1 N–H and O–H groups in total. The molecule has 0 bridgehead atoms. The van der Waals surface area contributed by atoms with Crippen LogP contribution in [0.4, 0.5) is 4.79 Å². The van der Waals surface area contributed by atoms with Crippen molar-refractivity contribution in [2.75, 3.05) is 19.7 Å². The fraction of sp³-hybridized carbons (Fsp3) is 0.533. The number of urea groups is 1. The van der Waals surface area contributed by atoms with E-state index in [1.165, 1.54) is 0 Å². The SMILES string of the molecule is CCC(C)NC(=O)N1CCOC(c2ccc(Br)cc2)C1. The first kappa shape index (κ1) is 15.3. The van der Waals surface area contributed by atoms with Crippen LogP contribution in [-0.2, 0) is 4.74 Å². The lowest BCUT2D eigenvalue weighted by atomic mass is 10.1. The monoisotopic (exact) mass is 340 g/mol. The van der Waals surface area contributed by atoms with Gasteiger partial charge in [0.05, 0.1) is 13.2 Å². The second-order valence-corrected chi connectivity index (χ2v) is 6.03. The molecule has 0 spiro atoms. The minimum Gasteiger partial charge on any atom is -0.370 e. The molecule has 0 saturated carbocycles. The third-order valence-electron chi connectivity index (χ3n) is 3.58. The van der Waals surface area contributed by atoms with E-state index >= 15 is 0 Å². The number of amides is 2. The first-order valence-corrected chi connectivity index (χ1v) is 7.82. The molecule has 1 heterocycles. The highest BCUT2D eigenvalue weighted by Crippen LogP contribution is 2.23. The largest absolute Gasteiger partial charge is 0.370 e. The van der Waals surface area contributed by atoms with E-state index in [1.54, 1.807) is 0 Å². The lowest BCUT2D eigenvalue weighted by Crippen LogP contribution is -2.49. The average Bonchev–Trinajstić information content (AvgIpc) is 2.48. The van der Waals surface area contributed by atoms with Gasteiger partial charge in [-0.3, -0.25) is 0 Å². The van der Waals surface area contributed by atoms with Gasteiger partial charge in [0, 0.05) is 17.1 Å². The molecule has 1 fully saturated rings. The van der Waals surface area contributed by atoms with E-state index in [1.807, 2.05) is 36.1 Å². The molecule has 0 aromatic heterocycles. The number of hydrogen-bond acceptors (Lipinski definition) is 2. The molecule has 2 amide bonds. The zero-order valence-corrected chi connectivity index (χ0v) is 13.5. The van der Waals surface area contributed by atoms with Gasteiger partial charge in [-0.2, -0.15) is 0 Å². The Morgan fingerprint density at radius 3 is 2.85 bits per heavy atom. The Bertz CT molecular complexity index is 450. The van der Waals surface area contributed by atoms with Gasteiger partial charge in [-0.25, -0.2) is 4.79 Å². The molecule has 4 nitrogen and oxygen atoms in total. The van der Waals surface area contributed by atoms with Crippen LogP contribution in [0.2, 0.25) is 0 Å². The molecule has 20 heavy (non-hydrogen) atoms. The highest BCUT2D eigenvalue weighted by atomic mass is 79.9. The molecule has 1 aliphatic heterocycles. The van der Waals surface area contributed by atoms with E-state index in [2.05, 4.69) is 28.2 Å². The van der Waals surface area contributed by atoms with Gasteiger partial charge in [0.1, 0.15) is 6.10 Å². The maximum atomic E-state index is 12.2. The fourth-order valence-corrected chi connectivity index (χ4v) is 2.38. The minimum atomic E-state index is -0.0421. The number of morpholine rings is 1. The molecule has 1 aromatic carbocycles. The first-order valence-electron chi connectivity index (χ1n) is 7.02. The van der Waals surface area contributed by atoms with E-state index in [0.717, 1.165) is 16.5 Å². The Morgan fingerprint density at radius 1 is 1.50 bits per heavy atom. The van der Waals surface area contributed by atoms with Crippen LogP contribution in [0.5, 0.6) is 0 Å². The topological polar surface area (TPSA) is 41.6 Å². The minimum absolute atomic E-state index is 0.00441. The van der Waals surface area contributed by atoms with Gasteiger partial charge in [0.15, 0.2) is 0 Å². The molecule has 2 rings (SSSR count). The summed E-state index contributed by atoms with van der Waals surface area (Å²) in [6, 6.07) is 8.27. The van der Waals surface area contributed by atoms with Gasteiger partial charge in [-0.05, 0) is 31.0 Å². The molecular weight excluding hydrogens is 320 g/mol. The fourth-order valence-electron chi connectivity index (χ4n) is 2.12. The number of carbonyl (C=O) groups excluding carboxylic acids is 1. The van der Waals surface area contributed by atoms with Gasteiger partial charge in [0.2, 0.25) is 0 Å². The smallest absolute Gasteiger partial charge is 0.317 e. The third kappa shape index (κ3) is 3.96. The van der Waals surface area contributed by atoms with E-state index in [9.17, 15) is 4.79 Å². The summed E-state index contributed by atoms with van der Waals surface area (Å²) in [6.07, 6.45) is 0.895. The molecule has 110 valence electrons. The molecule has 5 heteroatoms. The molecule has 1 aliphatic rings. The molecule has 0 aliphatic carbocycles. The second kappa shape index (κ2) is 7.09. The molecule has 2 atom stereocenters. The van der Waals surface area contributed by atoms with E-state index in [4.69, 9.17) is 4.74 Å². The Labute approximate surface area is 128 Å². The summed E-state index contributed by atoms with van der Waals surface area (Å²) in [7, 11) is 0. The zero-order chi connectivity index (χ0) is 14.5. The molecule has 2 unspecified atom stereocenters. The molecule has 1 saturated heterocycles. The number of ether oxygens (including phenoxy) is 1. The molecule has 1 aromatic rings. The Kier molecular flexibility index (Phi) is 5.43. The second-order valence-electron chi connectivity index (χ2n) is 5.12. The lowest BCUT2D eigenvalue weighted by Gasteiger charge is -2.34. The Balaban J connectivity index is 1.97. The highest BCUT2D eigenvalue weighted by molar-refractivity contribution is 9.10. The summed E-state index contributed by atoms with van der Waals surface area (Å²) in [6.45, 7) is 5.91. The average molecular weight is 341 g/mol. The van der Waals surface area contributed by atoms with Crippen molar-refractivity contribution in [2.24, 2.45) is 0 Å². The van der Waals surface area contributed by atoms with Crippen molar-refractivity contribution in [1.82, 2.24) is 10.2 Å². The van der Waals surface area contributed by atoms with Crippen LogP contribution in [0.1, 0.15) is 31.9 Å². The van der Waals surface area contributed by atoms with E-state index in [-0.39, 0.29) is 18.2 Å². The van der Waals surface area contributed by atoms with Crippen molar-refractivity contribution in [3.05, 3.63) is 34.3 Å². The molecular formula is C15H21BrN2O2. The maximum Gasteiger partial charge on any atom is 0.317 e. The summed E-state index contributed by atoms with van der Waals surface area (Å²) >= 11 is 3.42. The van der Waals surface area contributed by atoms with Crippen LogP contribution >= 0.6 is 15.9 Å². The zero-order valence-electron chi connectivity index (χ0n) is 11.9. The van der Waals surface area contributed by atoms with Gasteiger partial charge in [-0.15, -0.1) is 0 Å². The highest BCUT2D eigenvalue weighted by Gasteiger charge is 2.25. The van der Waals surface area contributed by atoms with Crippen molar-refractivity contribution in [1.29, 1.82) is 0 Å². The van der Waals surface area contributed by atoms with Crippen LogP contribution in [0.15, 0.2) is 28.7 Å². The number of benzene rings is 1. The normalized spacial score (nSPS) is 20.6. The van der Waals surface area contributed by atoms with Gasteiger partial charge < -0.3 is 15.0 Å². The summed E-state index contributed by atoms with van der Waals surface area (Å²) in [5.41, 5.74) is 1.11. The van der Waals surface area contributed by atoms with E-state index in [0.29, 0.717) is 19.7 Å². The lowest BCUT2D eigenvalue weighted by molar-refractivity contribution is -0.0157. The predicted molar refractivity (Wildman–Crippen MR) is 82.7 cm³/mol. The summed E-state index contributed by atoms with van der Waals surface area (Å²) in [5, 5.41) is 3.00. The van der Waals surface area contributed by atoms with Gasteiger partial charge >= 0.3 is 6.03 Å². The van der Waals surface area contributed by atoms with Crippen LogP contribution in [0.25, 0.3) is 0 Å². The summed E-state index contributed by atoms with van der Waals surface area (Å²) in [4.78, 5) is 14.0. The number of halogens is 1. The number of nitrogens with zero attached hydrogens (tertiary/aromatic N) is 1. The van der Waals surface area contributed by atoms with Crippen molar-refractivity contribution >= 4 is 22.0 Å². The van der Waals surface area contributed by atoms with E-state index < -0.39 is 0 Å². The molecule has 0 radical (unpaired) electrons. The summed E-state index contributed by atoms with van der Waals surface area (Å²) in [5.74, 6) is 0. The number of rotatable bonds is 3. The standard InChI is InChI=1S/C15H21BrN2O2/c1-3-11(2)17-15(19)18-8-9-20-14(10-18)12-4-6-13(16)7-5-12/h4-7,11,14H,3,8-10H2,1-2H3,(H,17,19). The third-order valence-corrected chi connectivity index (χ3v) is 4.11. The van der Waals surface area contributed by atoms with Crippen LogP contribution in [0.3, 0.4) is 0 Å². The van der Waals surface area contributed by atoms with Crippen LogP contribution < -0.4 is 5.32 Å². The Hall–Kier alpha value is -1.07. The predicted octanol–water partition coefficient (Wildman–Crippen LogP) is 3.33. The van der Waals surface area contributed by atoms with Gasteiger partial charge in [0.25, 0.3) is 0 Å². The quantitative estimate of drug-likeness (QED) is 0.916. The first-order chi connectivity index (χ1) is 9.60. The van der Waals surface area contributed by atoms with Crippen molar-refractivity contribution in [3.8, 4) is 0 Å². The Morgan fingerprint density at radius 2 is 2.20 bits per heavy atom. The number of hydrogen-bond donors (Lipinski definition) is 1.